The van der Waals surface area contributed by atoms with Crippen molar-refractivity contribution in [3.63, 3.8) is 0 Å². The van der Waals surface area contributed by atoms with Crippen LogP contribution in [0.25, 0.3) is 0 Å². The lowest BCUT2D eigenvalue weighted by atomic mass is 9.61. The fourth-order valence-electron chi connectivity index (χ4n) is 11.7. The SMILES string of the molecule is C1CCC2(C1)CCNCC2.C1CCC2(CC1)CCC2.C1CCC2(CC1)CCNC2.C1CCC2(CC1)CNC2.C1CCC2(CC1)COC2. The van der Waals surface area contributed by atoms with Crippen LogP contribution in [-0.4, -0.2) is 52.5 Å². The molecule has 4 saturated heterocycles. The van der Waals surface area contributed by atoms with E-state index in [1.165, 1.54) is 206 Å². The fraction of sp³-hybridized carbons (Fsp3) is 1.00. The van der Waals surface area contributed by atoms with E-state index in [0.717, 1.165) is 34.9 Å². The van der Waals surface area contributed by atoms with Gasteiger partial charge in [0.15, 0.2) is 0 Å². The zero-order chi connectivity index (χ0) is 32.2. The van der Waals surface area contributed by atoms with Crippen LogP contribution in [0, 0.1) is 27.1 Å². The summed E-state index contributed by atoms with van der Waals surface area (Å²) in [6, 6.07) is 0. The van der Waals surface area contributed by atoms with Crippen molar-refractivity contribution < 1.29 is 4.74 Å². The van der Waals surface area contributed by atoms with Crippen molar-refractivity contribution in [3.05, 3.63) is 0 Å². The molecule has 10 rings (SSSR count). The number of rotatable bonds is 0. The Kier molecular flexibility index (Phi) is 13.9. The van der Waals surface area contributed by atoms with Gasteiger partial charge in [-0.15, -0.1) is 0 Å². The quantitative estimate of drug-likeness (QED) is 0.243. The normalized spacial score (nSPS) is 31.7. The van der Waals surface area contributed by atoms with Crippen molar-refractivity contribution >= 4 is 0 Å². The van der Waals surface area contributed by atoms with E-state index in [0.29, 0.717) is 5.41 Å². The Bertz CT molecular complexity index is 741. The minimum absolute atomic E-state index is 0.679. The third-order valence-corrected chi connectivity index (χ3v) is 15.5. The molecule has 4 aliphatic heterocycles. The minimum atomic E-state index is 0.679. The molecular formula is C43H79N3O. The second kappa shape index (κ2) is 17.9. The molecular weight excluding hydrogens is 574 g/mol. The number of piperidine rings is 1. The maximum Gasteiger partial charge on any atom is 0.0544 e. The molecule has 4 heterocycles. The molecule has 0 amide bonds. The first-order chi connectivity index (χ1) is 23.1. The highest BCUT2D eigenvalue weighted by molar-refractivity contribution is 4.94. The Morgan fingerprint density at radius 1 is 0.255 bits per heavy atom. The van der Waals surface area contributed by atoms with E-state index in [9.17, 15) is 0 Å². The highest BCUT2D eigenvalue weighted by atomic mass is 16.5. The number of hydrogen-bond acceptors (Lipinski definition) is 4. The van der Waals surface area contributed by atoms with Crippen molar-refractivity contribution in [3.8, 4) is 0 Å². The minimum Gasteiger partial charge on any atom is -0.380 e. The summed E-state index contributed by atoms with van der Waals surface area (Å²) in [5, 5.41) is 10.3. The van der Waals surface area contributed by atoms with Crippen molar-refractivity contribution in [1.82, 2.24) is 16.0 Å². The second-order valence-corrected chi connectivity index (χ2v) is 19.1. The van der Waals surface area contributed by atoms with Crippen LogP contribution >= 0.6 is 0 Å². The number of nitrogens with one attached hydrogen (secondary N) is 3. The van der Waals surface area contributed by atoms with Crippen LogP contribution in [0.3, 0.4) is 0 Å². The Balaban J connectivity index is 0.000000103. The molecule has 0 atom stereocenters. The smallest absolute Gasteiger partial charge is 0.0544 e. The third-order valence-electron chi connectivity index (χ3n) is 15.5. The second-order valence-electron chi connectivity index (χ2n) is 19.1. The molecule has 10 aliphatic rings. The van der Waals surface area contributed by atoms with Gasteiger partial charge in [0, 0.05) is 25.0 Å². The summed E-state index contributed by atoms with van der Waals surface area (Å²) in [6.45, 7) is 9.90. The molecule has 10 fully saturated rings. The Morgan fingerprint density at radius 2 is 0.596 bits per heavy atom. The molecule has 4 heteroatoms. The predicted octanol–water partition coefficient (Wildman–Crippen LogP) is 10.5. The molecule has 0 bridgehead atoms. The summed E-state index contributed by atoms with van der Waals surface area (Å²) in [7, 11) is 0. The summed E-state index contributed by atoms with van der Waals surface area (Å²) in [4.78, 5) is 0. The molecule has 0 unspecified atom stereocenters. The topological polar surface area (TPSA) is 45.3 Å². The monoisotopic (exact) mass is 654 g/mol. The molecule has 3 N–H and O–H groups in total. The molecule has 0 radical (unpaired) electrons. The molecule has 47 heavy (non-hydrogen) atoms. The maximum absolute atomic E-state index is 5.22. The van der Waals surface area contributed by atoms with Gasteiger partial charge < -0.3 is 20.7 Å². The van der Waals surface area contributed by atoms with Crippen LogP contribution < -0.4 is 16.0 Å². The number of hydrogen-bond donors (Lipinski definition) is 3. The van der Waals surface area contributed by atoms with E-state index < -0.39 is 0 Å². The van der Waals surface area contributed by atoms with Crippen molar-refractivity contribution in [2.45, 2.75) is 193 Å². The standard InChI is InChI=1S/2C9H17N.C9H16.C8H15N.C8H14O/c1-2-4-9(3-1)5-7-10-8-6-9;1-2-4-9(5-3-1)6-7-10-8-9;1-2-5-9(6-3-1)7-4-8-9;2*1-2-4-8(5-3-1)6-9-7-8/h2*10H,1-8H2;1-8H2;9H,1-7H2;1-7H2. The maximum atomic E-state index is 5.22. The zero-order valence-electron chi connectivity index (χ0n) is 31.3. The van der Waals surface area contributed by atoms with Gasteiger partial charge in [0.1, 0.15) is 0 Å². The van der Waals surface area contributed by atoms with Crippen LogP contribution in [0.1, 0.15) is 193 Å². The summed E-state index contributed by atoms with van der Waals surface area (Å²) < 4.78 is 5.22. The summed E-state index contributed by atoms with van der Waals surface area (Å²) in [6.07, 6.45) is 44.9. The van der Waals surface area contributed by atoms with Crippen LogP contribution in [0.15, 0.2) is 0 Å². The first kappa shape index (κ1) is 36.6. The van der Waals surface area contributed by atoms with Gasteiger partial charge in [0.25, 0.3) is 0 Å². The molecule has 272 valence electrons. The van der Waals surface area contributed by atoms with Gasteiger partial charge in [-0.05, 0) is 138 Å². The van der Waals surface area contributed by atoms with Crippen LogP contribution in [0.2, 0.25) is 0 Å². The van der Waals surface area contributed by atoms with Crippen LogP contribution in [0.4, 0.5) is 0 Å². The van der Waals surface area contributed by atoms with Crippen LogP contribution in [-0.2, 0) is 4.74 Å². The predicted molar refractivity (Wildman–Crippen MR) is 200 cm³/mol. The molecule has 4 nitrogen and oxygen atoms in total. The third kappa shape index (κ3) is 10.4. The fourth-order valence-corrected chi connectivity index (χ4v) is 11.7. The van der Waals surface area contributed by atoms with Crippen molar-refractivity contribution in [2.24, 2.45) is 27.1 Å². The van der Waals surface area contributed by atoms with E-state index in [4.69, 9.17) is 4.74 Å². The Hall–Kier alpha value is -0.160. The summed E-state index contributed by atoms with van der Waals surface area (Å²) in [5.41, 5.74) is 3.94. The zero-order valence-corrected chi connectivity index (χ0v) is 31.3. The highest BCUT2D eigenvalue weighted by Crippen LogP contribution is 2.51. The van der Waals surface area contributed by atoms with Gasteiger partial charge in [-0.25, -0.2) is 0 Å². The Labute approximate surface area is 292 Å². The van der Waals surface area contributed by atoms with Gasteiger partial charge in [0.05, 0.1) is 13.2 Å². The van der Waals surface area contributed by atoms with Gasteiger partial charge in [-0.2, -0.15) is 0 Å². The lowest BCUT2D eigenvalue weighted by Crippen LogP contribution is -2.54. The summed E-state index contributed by atoms with van der Waals surface area (Å²) in [5.74, 6) is 0. The van der Waals surface area contributed by atoms with E-state index >= 15 is 0 Å². The first-order valence-corrected chi connectivity index (χ1v) is 21.8. The van der Waals surface area contributed by atoms with Gasteiger partial charge in [-0.3, -0.25) is 0 Å². The van der Waals surface area contributed by atoms with Gasteiger partial charge >= 0.3 is 0 Å². The van der Waals surface area contributed by atoms with E-state index in [1.54, 1.807) is 25.7 Å². The molecule has 5 spiro atoms. The Morgan fingerprint density at radius 3 is 0.915 bits per heavy atom. The van der Waals surface area contributed by atoms with Gasteiger partial charge in [0.2, 0.25) is 0 Å². The summed E-state index contributed by atoms with van der Waals surface area (Å²) >= 11 is 0. The molecule has 6 saturated carbocycles. The first-order valence-electron chi connectivity index (χ1n) is 21.8. The molecule has 6 aliphatic carbocycles. The van der Waals surface area contributed by atoms with E-state index in [2.05, 4.69) is 16.0 Å². The van der Waals surface area contributed by atoms with Crippen molar-refractivity contribution in [1.29, 1.82) is 0 Å². The molecule has 0 aromatic carbocycles. The molecule has 0 aromatic heterocycles. The highest BCUT2D eigenvalue weighted by Gasteiger charge is 2.40. The van der Waals surface area contributed by atoms with Crippen molar-refractivity contribution in [2.75, 3.05) is 52.5 Å². The largest absolute Gasteiger partial charge is 0.380 e. The van der Waals surface area contributed by atoms with E-state index in [1.807, 2.05) is 0 Å². The van der Waals surface area contributed by atoms with E-state index in [-0.39, 0.29) is 0 Å². The van der Waals surface area contributed by atoms with Crippen LogP contribution in [0.5, 0.6) is 0 Å². The lowest BCUT2D eigenvalue weighted by Gasteiger charge is -2.45. The lowest BCUT2D eigenvalue weighted by molar-refractivity contribution is -0.130. The van der Waals surface area contributed by atoms with Gasteiger partial charge in [-0.1, -0.05) is 96.3 Å². The average molecular weight is 654 g/mol. The molecule has 0 aromatic rings. The average Bonchev–Trinajstić information content (AvgIpc) is 3.75. The number of ether oxygens (including phenoxy) is 1.